The summed E-state index contributed by atoms with van der Waals surface area (Å²) in [5.74, 6) is -0.422. The van der Waals surface area contributed by atoms with Gasteiger partial charge in [-0.2, -0.15) is 5.10 Å². The number of benzene rings is 2. The maximum absolute atomic E-state index is 12.3. The fourth-order valence-electron chi connectivity index (χ4n) is 2.10. The number of nitrogens with zero attached hydrogens (tertiary/aromatic N) is 3. The molecule has 0 spiro atoms. The van der Waals surface area contributed by atoms with Gasteiger partial charge >= 0.3 is 0 Å². The Balaban J connectivity index is 1.80. The van der Waals surface area contributed by atoms with E-state index in [0.717, 1.165) is 5.69 Å². The van der Waals surface area contributed by atoms with Crippen molar-refractivity contribution in [2.75, 3.05) is 5.32 Å². The van der Waals surface area contributed by atoms with Gasteiger partial charge in [0, 0.05) is 18.0 Å². The Kier molecular flexibility index (Phi) is 4.26. The van der Waals surface area contributed by atoms with Crippen molar-refractivity contribution in [1.29, 1.82) is 0 Å². The minimum absolute atomic E-state index is 0.00916. The van der Waals surface area contributed by atoms with Gasteiger partial charge in [-0.25, -0.2) is 4.68 Å². The summed E-state index contributed by atoms with van der Waals surface area (Å²) in [6.07, 6.45) is 3.00. The minimum atomic E-state index is -0.606. The fourth-order valence-corrected chi connectivity index (χ4v) is 2.28. The van der Waals surface area contributed by atoms with E-state index in [0.29, 0.717) is 5.56 Å². The van der Waals surface area contributed by atoms with Gasteiger partial charge in [-0.15, -0.1) is 0 Å². The summed E-state index contributed by atoms with van der Waals surface area (Å²) in [7, 11) is 0. The van der Waals surface area contributed by atoms with Gasteiger partial charge in [-0.3, -0.25) is 14.9 Å². The Labute approximate surface area is 141 Å². The third-order valence-electron chi connectivity index (χ3n) is 3.27. The third-order valence-corrected chi connectivity index (χ3v) is 3.59. The first-order valence-electron chi connectivity index (χ1n) is 6.90. The number of nitro benzene ring substituents is 1. The number of para-hydroxylation sites is 1. The predicted molar refractivity (Wildman–Crippen MR) is 89.6 cm³/mol. The molecule has 0 bridgehead atoms. The molecule has 1 heterocycles. The van der Waals surface area contributed by atoms with E-state index in [-0.39, 0.29) is 16.4 Å². The maximum Gasteiger partial charge on any atom is 0.289 e. The number of anilines is 1. The molecule has 0 radical (unpaired) electrons. The first-order chi connectivity index (χ1) is 11.5. The highest BCUT2D eigenvalue weighted by Gasteiger charge is 2.15. The molecule has 0 fully saturated rings. The lowest BCUT2D eigenvalue weighted by Gasteiger charge is -2.04. The molecule has 0 saturated carbocycles. The summed E-state index contributed by atoms with van der Waals surface area (Å²) in [6.45, 7) is 0. The van der Waals surface area contributed by atoms with Crippen LogP contribution in [0.3, 0.4) is 0 Å². The standard InChI is InChI=1S/C16H11ClN4O3/c17-14-7-6-12(8-15(14)21(23)24)19-16(22)11-9-18-20(10-11)13-4-2-1-3-5-13/h1-10H,(H,19,22). The average molecular weight is 343 g/mol. The number of rotatable bonds is 4. The van der Waals surface area contributed by atoms with Gasteiger partial charge in [-0.05, 0) is 24.3 Å². The van der Waals surface area contributed by atoms with Gasteiger partial charge in [0.2, 0.25) is 0 Å². The van der Waals surface area contributed by atoms with E-state index in [4.69, 9.17) is 11.6 Å². The zero-order valence-electron chi connectivity index (χ0n) is 12.2. The molecule has 24 heavy (non-hydrogen) atoms. The molecule has 8 heteroatoms. The van der Waals surface area contributed by atoms with Crippen molar-refractivity contribution < 1.29 is 9.72 Å². The number of amides is 1. The SMILES string of the molecule is O=C(Nc1ccc(Cl)c([N+](=O)[O-])c1)c1cnn(-c2ccccc2)c1. The number of aromatic nitrogens is 2. The Bertz CT molecular complexity index is 909. The highest BCUT2D eigenvalue weighted by Crippen LogP contribution is 2.27. The normalized spacial score (nSPS) is 10.4. The van der Waals surface area contributed by atoms with E-state index in [1.54, 1.807) is 10.9 Å². The van der Waals surface area contributed by atoms with Crippen molar-refractivity contribution in [2.24, 2.45) is 0 Å². The number of halogens is 1. The largest absolute Gasteiger partial charge is 0.322 e. The van der Waals surface area contributed by atoms with Gasteiger partial charge in [0.15, 0.2) is 0 Å². The molecule has 1 aromatic heterocycles. The fraction of sp³-hybridized carbons (Fsp3) is 0. The molecule has 0 unspecified atom stereocenters. The number of nitrogens with one attached hydrogen (secondary N) is 1. The number of nitro groups is 1. The second-order valence-electron chi connectivity index (χ2n) is 4.89. The first-order valence-corrected chi connectivity index (χ1v) is 7.28. The van der Waals surface area contributed by atoms with Crippen LogP contribution in [0.1, 0.15) is 10.4 Å². The zero-order valence-corrected chi connectivity index (χ0v) is 13.0. The number of hydrogen-bond acceptors (Lipinski definition) is 4. The van der Waals surface area contributed by atoms with Crippen LogP contribution in [0.5, 0.6) is 0 Å². The van der Waals surface area contributed by atoms with Crippen LogP contribution in [0.2, 0.25) is 5.02 Å². The van der Waals surface area contributed by atoms with E-state index in [1.807, 2.05) is 30.3 Å². The van der Waals surface area contributed by atoms with Crippen molar-refractivity contribution in [3.8, 4) is 5.69 Å². The Morgan fingerprint density at radius 1 is 1.21 bits per heavy atom. The van der Waals surface area contributed by atoms with Crippen molar-refractivity contribution in [2.45, 2.75) is 0 Å². The van der Waals surface area contributed by atoms with E-state index in [9.17, 15) is 14.9 Å². The molecule has 1 amide bonds. The molecule has 1 N–H and O–H groups in total. The smallest absolute Gasteiger partial charge is 0.289 e. The van der Waals surface area contributed by atoms with Crippen molar-refractivity contribution in [1.82, 2.24) is 9.78 Å². The molecule has 0 aliphatic heterocycles. The van der Waals surface area contributed by atoms with Gasteiger partial charge in [0.05, 0.1) is 22.4 Å². The van der Waals surface area contributed by atoms with Gasteiger partial charge in [0.1, 0.15) is 5.02 Å². The molecule has 3 rings (SSSR count). The summed E-state index contributed by atoms with van der Waals surface area (Å²) in [5.41, 5.74) is 1.16. The van der Waals surface area contributed by atoms with Gasteiger partial charge < -0.3 is 5.32 Å². The summed E-state index contributed by atoms with van der Waals surface area (Å²) >= 11 is 5.75. The molecular weight excluding hydrogens is 332 g/mol. The van der Waals surface area contributed by atoms with Gasteiger partial charge in [-0.1, -0.05) is 29.8 Å². The second-order valence-corrected chi connectivity index (χ2v) is 5.29. The van der Waals surface area contributed by atoms with Gasteiger partial charge in [0.25, 0.3) is 11.6 Å². The van der Waals surface area contributed by atoms with Crippen molar-refractivity contribution in [3.63, 3.8) is 0 Å². The van der Waals surface area contributed by atoms with Crippen molar-refractivity contribution >= 4 is 28.9 Å². The summed E-state index contributed by atoms with van der Waals surface area (Å²) in [5, 5.41) is 17.6. The lowest BCUT2D eigenvalue weighted by molar-refractivity contribution is -0.384. The first kappa shape index (κ1) is 15.7. The van der Waals surface area contributed by atoms with Crippen LogP contribution >= 0.6 is 11.6 Å². The predicted octanol–water partition coefficient (Wildman–Crippen LogP) is 3.69. The Morgan fingerprint density at radius 2 is 1.96 bits per heavy atom. The number of hydrogen-bond donors (Lipinski definition) is 1. The van der Waals surface area contributed by atoms with E-state index in [2.05, 4.69) is 10.4 Å². The van der Waals surface area contributed by atoms with E-state index < -0.39 is 10.8 Å². The maximum atomic E-state index is 12.3. The van der Waals surface area contributed by atoms with Crippen molar-refractivity contribution in [3.05, 3.63) is 81.6 Å². The molecule has 0 atom stereocenters. The monoisotopic (exact) mass is 342 g/mol. The highest BCUT2D eigenvalue weighted by molar-refractivity contribution is 6.32. The second kappa shape index (κ2) is 6.51. The van der Waals surface area contributed by atoms with Crippen LogP contribution in [0.25, 0.3) is 5.69 Å². The average Bonchev–Trinajstić information content (AvgIpc) is 3.07. The van der Waals surface area contributed by atoms with Crippen LogP contribution in [0, 0.1) is 10.1 Å². The lowest BCUT2D eigenvalue weighted by atomic mass is 10.2. The van der Waals surface area contributed by atoms with E-state index >= 15 is 0 Å². The zero-order chi connectivity index (χ0) is 17.1. The van der Waals surface area contributed by atoms with Crippen LogP contribution < -0.4 is 5.32 Å². The molecule has 0 aliphatic carbocycles. The summed E-state index contributed by atoms with van der Waals surface area (Å²) in [6, 6.07) is 13.4. The highest BCUT2D eigenvalue weighted by atomic mass is 35.5. The molecule has 0 aliphatic rings. The molecule has 120 valence electrons. The van der Waals surface area contributed by atoms with Crippen LogP contribution in [-0.2, 0) is 0 Å². The molecular formula is C16H11ClN4O3. The number of carbonyl (C=O) groups is 1. The molecule has 0 saturated heterocycles. The third kappa shape index (κ3) is 3.26. The Morgan fingerprint density at radius 3 is 2.67 bits per heavy atom. The topological polar surface area (TPSA) is 90.1 Å². The summed E-state index contributed by atoms with van der Waals surface area (Å²) in [4.78, 5) is 22.5. The Hall–Kier alpha value is -3.19. The minimum Gasteiger partial charge on any atom is -0.322 e. The quantitative estimate of drug-likeness (QED) is 0.578. The van der Waals surface area contributed by atoms with E-state index in [1.165, 1.54) is 24.4 Å². The lowest BCUT2D eigenvalue weighted by Crippen LogP contribution is -2.11. The molecule has 7 nitrogen and oxygen atoms in total. The van der Waals surface area contributed by atoms with Crippen LogP contribution in [-0.4, -0.2) is 20.6 Å². The molecule has 3 aromatic rings. The van der Waals surface area contributed by atoms with Crippen LogP contribution in [0.4, 0.5) is 11.4 Å². The number of carbonyl (C=O) groups excluding carboxylic acids is 1. The molecule has 2 aromatic carbocycles. The summed E-state index contributed by atoms with van der Waals surface area (Å²) < 4.78 is 1.57. The van der Waals surface area contributed by atoms with Crippen LogP contribution in [0.15, 0.2) is 60.9 Å².